The van der Waals surface area contributed by atoms with E-state index in [9.17, 15) is 10.2 Å². The van der Waals surface area contributed by atoms with Crippen molar-refractivity contribution in [3.05, 3.63) is 0 Å². The summed E-state index contributed by atoms with van der Waals surface area (Å²) in [5, 5.41) is 28.0. The first-order valence-electron chi connectivity index (χ1n) is 4.93. The molecule has 0 aromatic carbocycles. The molecule has 1 saturated carbocycles. The lowest BCUT2D eigenvalue weighted by Gasteiger charge is -2.23. The van der Waals surface area contributed by atoms with Crippen molar-refractivity contribution in [3.8, 4) is 0 Å². The second kappa shape index (κ2) is 3.53. The van der Waals surface area contributed by atoms with Crippen LogP contribution >= 0.6 is 0 Å². The van der Waals surface area contributed by atoms with Crippen molar-refractivity contribution in [2.45, 2.75) is 31.1 Å². The van der Waals surface area contributed by atoms with Gasteiger partial charge in [-0.1, -0.05) is 0 Å². The summed E-state index contributed by atoms with van der Waals surface area (Å²) in [7, 11) is 0. The molecular weight excluding hydrogens is 170 g/mol. The first kappa shape index (κ1) is 9.40. The molecule has 76 valence electrons. The Morgan fingerprint density at radius 2 is 1.92 bits per heavy atom. The lowest BCUT2D eigenvalue weighted by Crippen LogP contribution is -2.39. The summed E-state index contributed by atoms with van der Waals surface area (Å²) in [4.78, 5) is 2.01. The van der Waals surface area contributed by atoms with Gasteiger partial charge in [0.15, 0.2) is 0 Å². The third kappa shape index (κ3) is 1.86. The number of likely N-dealkylation sites (tertiary alicyclic amines) is 1. The molecule has 0 amide bonds. The molecule has 13 heavy (non-hydrogen) atoms. The van der Waals surface area contributed by atoms with Gasteiger partial charge in [-0.3, -0.25) is 4.90 Å². The van der Waals surface area contributed by atoms with Crippen molar-refractivity contribution in [3.63, 3.8) is 0 Å². The summed E-state index contributed by atoms with van der Waals surface area (Å²) < 4.78 is 0. The Hall–Kier alpha value is -0.160. The number of aliphatic hydroxyl groups excluding tert-OH is 3. The molecular formula is C9H17NO3. The van der Waals surface area contributed by atoms with Crippen molar-refractivity contribution >= 4 is 0 Å². The maximum Gasteiger partial charge on any atom is 0.0988 e. The van der Waals surface area contributed by atoms with E-state index in [1.807, 2.05) is 4.90 Å². The van der Waals surface area contributed by atoms with Gasteiger partial charge in [-0.25, -0.2) is 0 Å². The van der Waals surface area contributed by atoms with Crippen LogP contribution in [0.1, 0.15) is 12.8 Å². The van der Waals surface area contributed by atoms with Crippen molar-refractivity contribution < 1.29 is 15.3 Å². The third-order valence-electron chi connectivity index (χ3n) is 3.06. The lowest BCUT2D eigenvalue weighted by atomic mass is 10.1. The molecule has 3 atom stereocenters. The van der Waals surface area contributed by atoms with Gasteiger partial charge < -0.3 is 15.3 Å². The monoisotopic (exact) mass is 187 g/mol. The summed E-state index contributed by atoms with van der Waals surface area (Å²) >= 11 is 0. The number of rotatable bonds is 3. The predicted molar refractivity (Wildman–Crippen MR) is 47.2 cm³/mol. The van der Waals surface area contributed by atoms with E-state index >= 15 is 0 Å². The Kier molecular flexibility index (Phi) is 2.55. The minimum atomic E-state index is -0.774. The van der Waals surface area contributed by atoms with Crippen LogP contribution in [0.5, 0.6) is 0 Å². The van der Waals surface area contributed by atoms with Crippen LogP contribution in [0, 0.1) is 5.92 Å². The van der Waals surface area contributed by atoms with Crippen LogP contribution in [0.25, 0.3) is 0 Å². The Labute approximate surface area is 77.8 Å². The van der Waals surface area contributed by atoms with Gasteiger partial charge >= 0.3 is 0 Å². The summed E-state index contributed by atoms with van der Waals surface area (Å²) in [6.07, 6.45) is 1.04. The fourth-order valence-corrected chi connectivity index (χ4v) is 2.02. The minimum absolute atomic E-state index is 0.0645. The van der Waals surface area contributed by atoms with Crippen LogP contribution in [-0.2, 0) is 0 Å². The van der Waals surface area contributed by atoms with Crippen molar-refractivity contribution in [1.29, 1.82) is 0 Å². The molecule has 0 aromatic rings. The van der Waals surface area contributed by atoms with Gasteiger partial charge in [0.25, 0.3) is 0 Å². The van der Waals surface area contributed by atoms with Gasteiger partial charge in [0, 0.05) is 13.1 Å². The fraction of sp³-hybridized carbons (Fsp3) is 1.00. The molecule has 0 spiro atoms. The van der Waals surface area contributed by atoms with Gasteiger partial charge in [-0.05, 0) is 18.8 Å². The van der Waals surface area contributed by atoms with Crippen LogP contribution < -0.4 is 0 Å². The smallest absolute Gasteiger partial charge is 0.0988 e. The second-order valence-electron chi connectivity index (χ2n) is 4.21. The molecule has 0 radical (unpaired) electrons. The number of β-amino-alcohol motifs (C(OH)–C–C–N with tert-alkyl or cyclic N) is 1. The average Bonchev–Trinajstić information content (AvgIpc) is 2.84. The molecule has 1 aliphatic carbocycles. The normalized spacial score (nSPS) is 41.3. The first-order valence-corrected chi connectivity index (χ1v) is 4.93. The molecule has 0 bridgehead atoms. The second-order valence-corrected chi connectivity index (χ2v) is 4.21. The molecule has 0 aromatic heterocycles. The first-order chi connectivity index (χ1) is 6.22. The van der Waals surface area contributed by atoms with Crippen molar-refractivity contribution in [1.82, 2.24) is 4.90 Å². The van der Waals surface area contributed by atoms with Gasteiger partial charge in [0.2, 0.25) is 0 Å². The molecule has 4 nitrogen and oxygen atoms in total. The van der Waals surface area contributed by atoms with E-state index in [1.165, 1.54) is 12.8 Å². The van der Waals surface area contributed by atoms with Crippen LogP contribution in [0.15, 0.2) is 0 Å². The summed E-state index contributed by atoms with van der Waals surface area (Å²) in [5.74, 6) is 0.728. The molecule has 3 N–H and O–H groups in total. The van der Waals surface area contributed by atoms with Crippen LogP contribution in [0.2, 0.25) is 0 Å². The van der Waals surface area contributed by atoms with E-state index < -0.39 is 12.2 Å². The van der Waals surface area contributed by atoms with Crippen molar-refractivity contribution in [2.24, 2.45) is 5.92 Å². The Bertz CT molecular complexity index is 182. The zero-order valence-corrected chi connectivity index (χ0v) is 7.63. The van der Waals surface area contributed by atoms with Crippen LogP contribution in [-0.4, -0.2) is 58.2 Å². The van der Waals surface area contributed by atoms with Gasteiger partial charge in [-0.2, -0.15) is 0 Å². The summed E-state index contributed by atoms with van der Waals surface area (Å²) in [6.45, 7) is 1.35. The Balaban J connectivity index is 1.92. The summed E-state index contributed by atoms with van der Waals surface area (Å²) in [6, 6.07) is -0.254. The van der Waals surface area contributed by atoms with E-state index in [-0.39, 0.29) is 12.6 Å². The number of nitrogens with zero attached hydrogens (tertiary/aromatic N) is 1. The molecule has 2 aliphatic rings. The standard InChI is InChI=1S/C9H17NO3/c11-5-7-9(13)8(12)4-10(7)3-6-1-2-6/h6-9,11-13H,1-5H2/t7-,8-,9-/m1/s1. The van der Waals surface area contributed by atoms with Gasteiger partial charge in [0.1, 0.15) is 0 Å². The SMILES string of the molecule is OC[C@@H]1[C@@H](O)[C@H](O)CN1CC1CC1. The third-order valence-corrected chi connectivity index (χ3v) is 3.06. The van der Waals surface area contributed by atoms with E-state index in [0.717, 1.165) is 12.5 Å². The van der Waals surface area contributed by atoms with E-state index in [0.29, 0.717) is 6.54 Å². The fourth-order valence-electron chi connectivity index (χ4n) is 2.02. The van der Waals surface area contributed by atoms with E-state index in [4.69, 9.17) is 5.11 Å². The van der Waals surface area contributed by atoms with Crippen LogP contribution in [0.4, 0.5) is 0 Å². The molecule has 0 unspecified atom stereocenters. The van der Waals surface area contributed by atoms with Crippen molar-refractivity contribution in [2.75, 3.05) is 19.7 Å². The molecule has 4 heteroatoms. The van der Waals surface area contributed by atoms with E-state index in [2.05, 4.69) is 0 Å². The Morgan fingerprint density at radius 1 is 1.23 bits per heavy atom. The maximum absolute atomic E-state index is 9.51. The Morgan fingerprint density at radius 3 is 2.46 bits per heavy atom. The highest BCUT2D eigenvalue weighted by molar-refractivity contribution is 4.94. The largest absolute Gasteiger partial charge is 0.395 e. The molecule has 1 saturated heterocycles. The van der Waals surface area contributed by atoms with Crippen LogP contribution in [0.3, 0.4) is 0 Å². The maximum atomic E-state index is 9.51. The molecule has 2 rings (SSSR count). The number of hydrogen-bond donors (Lipinski definition) is 3. The molecule has 1 heterocycles. The topological polar surface area (TPSA) is 63.9 Å². The van der Waals surface area contributed by atoms with Gasteiger partial charge in [0.05, 0.1) is 24.9 Å². The molecule has 2 fully saturated rings. The lowest BCUT2D eigenvalue weighted by molar-refractivity contribution is 0.0213. The highest BCUT2D eigenvalue weighted by Crippen LogP contribution is 2.32. The summed E-state index contributed by atoms with van der Waals surface area (Å²) in [5.41, 5.74) is 0. The average molecular weight is 187 g/mol. The minimum Gasteiger partial charge on any atom is -0.395 e. The zero-order valence-electron chi connectivity index (χ0n) is 7.63. The number of hydrogen-bond acceptors (Lipinski definition) is 4. The quantitative estimate of drug-likeness (QED) is 0.519. The highest BCUT2D eigenvalue weighted by Gasteiger charge is 2.41. The van der Waals surface area contributed by atoms with E-state index in [1.54, 1.807) is 0 Å². The predicted octanol–water partition coefficient (Wildman–Crippen LogP) is -1.21. The zero-order chi connectivity index (χ0) is 9.42. The van der Waals surface area contributed by atoms with Gasteiger partial charge in [-0.15, -0.1) is 0 Å². The number of aliphatic hydroxyl groups is 3. The molecule has 1 aliphatic heterocycles. The highest BCUT2D eigenvalue weighted by atomic mass is 16.3.